The third-order valence-electron chi connectivity index (χ3n) is 5.09. The molecule has 30 heavy (non-hydrogen) atoms. The molecule has 0 saturated heterocycles. The van der Waals surface area contributed by atoms with E-state index >= 15 is 0 Å². The molecule has 0 atom stereocenters. The largest absolute Gasteiger partial charge is 0.507 e. The van der Waals surface area contributed by atoms with Crippen LogP contribution in [-0.4, -0.2) is 18.3 Å². The first-order valence-electron chi connectivity index (χ1n) is 10.6. The summed E-state index contributed by atoms with van der Waals surface area (Å²) < 4.78 is 24.9. The standard InChI is InChI=1S/C26H29FO3/c1-3-19-8-7-9-23(16-19)29-14-5-6-15-30-26-18-25(28)24(17-20(26)4-2)21-10-12-22(27)13-11-21/h7-13,16-18,28H,3-6,14-15H2,1-2H3. The minimum absolute atomic E-state index is 0.132. The number of phenols is 1. The Balaban J connectivity index is 1.52. The molecule has 0 spiro atoms. The number of unbranched alkanes of at least 4 members (excludes halogenated alkanes) is 1. The Hall–Kier alpha value is -3.01. The van der Waals surface area contributed by atoms with Gasteiger partial charge >= 0.3 is 0 Å². The summed E-state index contributed by atoms with van der Waals surface area (Å²) in [4.78, 5) is 0. The van der Waals surface area contributed by atoms with Crippen LogP contribution < -0.4 is 9.47 Å². The van der Waals surface area contributed by atoms with Crippen LogP contribution in [0.1, 0.15) is 37.8 Å². The number of ether oxygens (including phenoxy) is 2. The molecule has 3 aromatic carbocycles. The number of aryl methyl sites for hydroxylation is 2. The number of rotatable bonds is 10. The average Bonchev–Trinajstić information content (AvgIpc) is 2.77. The summed E-state index contributed by atoms with van der Waals surface area (Å²) in [5.74, 6) is 1.44. The molecule has 0 aromatic heterocycles. The monoisotopic (exact) mass is 408 g/mol. The quantitative estimate of drug-likeness (QED) is 0.386. The van der Waals surface area contributed by atoms with Gasteiger partial charge in [-0.1, -0.05) is 38.1 Å². The van der Waals surface area contributed by atoms with Gasteiger partial charge in [-0.2, -0.15) is 0 Å². The summed E-state index contributed by atoms with van der Waals surface area (Å²) in [6.07, 6.45) is 3.52. The lowest BCUT2D eigenvalue weighted by Gasteiger charge is -2.14. The van der Waals surface area contributed by atoms with Gasteiger partial charge < -0.3 is 14.6 Å². The van der Waals surface area contributed by atoms with Gasteiger partial charge in [0.05, 0.1) is 13.2 Å². The summed E-state index contributed by atoms with van der Waals surface area (Å²) in [6, 6.07) is 17.9. The first kappa shape index (κ1) is 21.7. The second kappa shape index (κ2) is 10.7. The Morgan fingerprint density at radius 1 is 0.833 bits per heavy atom. The van der Waals surface area contributed by atoms with Crippen LogP contribution in [0, 0.1) is 5.82 Å². The normalized spacial score (nSPS) is 10.8. The fraction of sp³-hybridized carbons (Fsp3) is 0.308. The van der Waals surface area contributed by atoms with Gasteiger partial charge in [-0.15, -0.1) is 0 Å². The molecule has 0 heterocycles. The van der Waals surface area contributed by atoms with E-state index in [1.54, 1.807) is 18.2 Å². The van der Waals surface area contributed by atoms with Crippen LogP contribution >= 0.6 is 0 Å². The first-order chi connectivity index (χ1) is 14.6. The maximum Gasteiger partial charge on any atom is 0.127 e. The molecule has 0 bridgehead atoms. The highest BCUT2D eigenvalue weighted by Gasteiger charge is 2.11. The average molecular weight is 409 g/mol. The van der Waals surface area contributed by atoms with Gasteiger partial charge in [0.25, 0.3) is 0 Å². The Morgan fingerprint density at radius 2 is 1.57 bits per heavy atom. The Bertz CT molecular complexity index is 951. The highest BCUT2D eigenvalue weighted by atomic mass is 19.1. The number of hydrogen-bond acceptors (Lipinski definition) is 3. The highest BCUT2D eigenvalue weighted by Crippen LogP contribution is 2.36. The lowest BCUT2D eigenvalue weighted by Crippen LogP contribution is -2.04. The van der Waals surface area contributed by atoms with Crippen LogP contribution in [-0.2, 0) is 12.8 Å². The van der Waals surface area contributed by atoms with Crippen molar-refractivity contribution >= 4 is 0 Å². The zero-order chi connectivity index (χ0) is 21.3. The third kappa shape index (κ3) is 5.76. The smallest absolute Gasteiger partial charge is 0.127 e. The summed E-state index contributed by atoms with van der Waals surface area (Å²) in [7, 11) is 0. The van der Waals surface area contributed by atoms with E-state index in [-0.39, 0.29) is 11.6 Å². The molecule has 0 aliphatic carbocycles. The van der Waals surface area contributed by atoms with E-state index in [1.807, 2.05) is 25.1 Å². The lowest BCUT2D eigenvalue weighted by atomic mass is 10.00. The molecule has 3 nitrogen and oxygen atoms in total. The molecule has 0 aliphatic rings. The molecule has 1 N–H and O–H groups in total. The number of aromatic hydroxyl groups is 1. The van der Waals surface area contributed by atoms with E-state index in [1.165, 1.54) is 17.7 Å². The van der Waals surface area contributed by atoms with Crippen molar-refractivity contribution in [2.45, 2.75) is 39.5 Å². The molecule has 0 amide bonds. The van der Waals surface area contributed by atoms with Crippen molar-refractivity contribution in [3.63, 3.8) is 0 Å². The first-order valence-corrected chi connectivity index (χ1v) is 10.6. The number of phenolic OH excluding ortho intramolecular Hbond substituents is 1. The Morgan fingerprint density at radius 3 is 2.27 bits per heavy atom. The van der Waals surface area contributed by atoms with E-state index in [4.69, 9.17) is 9.47 Å². The summed E-state index contributed by atoms with van der Waals surface area (Å²) in [6.45, 7) is 5.38. The molecule has 0 unspecified atom stereocenters. The van der Waals surface area contributed by atoms with E-state index in [0.717, 1.165) is 42.6 Å². The zero-order valence-corrected chi connectivity index (χ0v) is 17.7. The van der Waals surface area contributed by atoms with Gasteiger partial charge in [0.1, 0.15) is 23.1 Å². The highest BCUT2D eigenvalue weighted by molar-refractivity contribution is 5.72. The predicted octanol–water partition coefficient (Wildman–Crippen LogP) is 6.56. The van der Waals surface area contributed by atoms with Gasteiger partial charge in [-0.05, 0) is 72.7 Å². The SMILES string of the molecule is CCc1cccc(OCCCCOc2cc(O)c(-c3ccc(F)cc3)cc2CC)c1. The maximum absolute atomic E-state index is 13.2. The Labute approximate surface area is 178 Å². The van der Waals surface area contributed by atoms with Crippen LogP contribution in [0.4, 0.5) is 4.39 Å². The predicted molar refractivity (Wildman–Crippen MR) is 119 cm³/mol. The van der Waals surface area contributed by atoms with Gasteiger partial charge in [0.15, 0.2) is 0 Å². The fourth-order valence-corrected chi connectivity index (χ4v) is 3.32. The summed E-state index contributed by atoms with van der Waals surface area (Å²) in [5.41, 5.74) is 3.74. The van der Waals surface area contributed by atoms with Crippen LogP contribution in [0.25, 0.3) is 11.1 Å². The van der Waals surface area contributed by atoms with Crippen molar-refractivity contribution in [1.29, 1.82) is 0 Å². The van der Waals surface area contributed by atoms with E-state index in [9.17, 15) is 9.50 Å². The molecule has 3 aromatic rings. The third-order valence-corrected chi connectivity index (χ3v) is 5.09. The van der Waals surface area contributed by atoms with E-state index < -0.39 is 0 Å². The minimum atomic E-state index is -0.295. The molecule has 0 radical (unpaired) electrons. The minimum Gasteiger partial charge on any atom is -0.507 e. The number of hydrogen-bond donors (Lipinski definition) is 1. The van der Waals surface area contributed by atoms with Crippen molar-refractivity contribution in [2.75, 3.05) is 13.2 Å². The number of halogens is 1. The van der Waals surface area contributed by atoms with E-state index in [0.29, 0.717) is 24.5 Å². The molecule has 4 heteroatoms. The number of benzene rings is 3. The van der Waals surface area contributed by atoms with Crippen molar-refractivity contribution in [3.05, 3.63) is 77.6 Å². The second-order valence-corrected chi connectivity index (χ2v) is 7.24. The van der Waals surface area contributed by atoms with Gasteiger partial charge in [0.2, 0.25) is 0 Å². The molecule has 3 rings (SSSR count). The molecular weight excluding hydrogens is 379 g/mol. The zero-order valence-electron chi connectivity index (χ0n) is 17.7. The molecule has 0 saturated carbocycles. The van der Waals surface area contributed by atoms with Crippen LogP contribution in [0.3, 0.4) is 0 Å². The van der Waals surface area contributed by atoms with Crippen LogP contribution in [0.15, 0.2) is 60.7 Å². The Kier molecular flexibility index (Phi) is 7.72. The molecule has 0 fully saturated rings. The van der Waals surface area contributed by atoms with Crippen molar-refractivity contribution in [2.24, 2.45) is 0 Å². The maximum atomic E-state index is 13.2. The van der Waals surface area contributed by atoms with Gasteiger partial charge in [0, 0.05) is 11.6 Å². The topological polar surface area (TPSA) is 38.7 Å². The van der Waals surface area contributed by atoms with Crippen molar-refractivity contribution in [3.8, 4) is 28.4 Å². The molecule has 158 valence electrons. The van der Waals surface area contributed by atoms with E-state index in [2.05, 4.69) is 19.1 Å². The van der Waals surface area contributed by atoms with Crippen LogP contribution in [0.5, 0.6) is 17.2 Å². The van der Waals surface area contributed by atoms with Gasteiger partial charge in [-0.3, -0.25) is 0 Å². The van der Waals surface area contributed by atoms with Crippen LogP contribution in [0.2, 0.25) is 0 Å². The van der Waals surface area contributed by atoms with Gasteiger partial charge in [-0.25, -0.2) is 4.39 Å². The van der Waals surface area contributed by atoms with Crippen molar-refractivity contribution in [1.82, 2.24) is 0 Å². The lowest BCUT2D eigenvalue weighted by molar-refractivity contribution is 0.264. The second-order valence-electron chi connectivity index (χ2n) is 7.24. The summed E-state index contributed by atoms with van der Waals surface area (Å²) in [5, 5.41) is 10.4. The fourth-order valence-electron chi connectivity index (χ4n) is 3.32. The molecule has 0 aliphatic heterocycles. The van der Waals surface area contributed by atoms with Crippen molar-refractivity contribution < 1.29 is 19.0 Å². The molecular formula is C26H29FO3. The summed E-state index contributed by atoms with van der Waals surface area (Å²) >= 11 is 0.